The van der Waals surface area contributed by atoms with E-state index in [-0.39, 0.29) is 0 Å². The van der Waals surface area contributed by atoms with Crippen LogP contribution in [0.2, 0.25) is 0 Å². The van der Waals surface area contributed by atoms with Gasteiger partial charge in [-0.2, -0.15) is 0 Å². The lowest BCUT2D eigenvalue weighted by Gasteiger charge is -2.23. The van der Waals surface area contributed by atoms with Crippen molar-refractivity contribution < 1.29 is 4.79 Å². The van der Waals surface area contributed by atoms with Crippen LogP contribution < -0.4 is 0 Å². The van der Waals surface area contributed by atoms with Gasteiger partial charge in [-0.3, -0.25) is 4.79 Å². The van der Waals surface area contributed by atoms with Crippen molar-refractivity contribution in [2.24, 2.45) is 5.92 Å². The highest BCUT2D eigenvalue weighted by atomic mass is 16.2. The number of hydrogen-bond acceptors (Lipinski definition) is 1. The van der Waals surface area contributed by atoms with Gasteiger partial charge in [0.1, 0.15) is 0 Å². The maximum absolute atomic E-state index is 11.8. The molecule has 0 aromatic carbocycles. The largest absolute Gasteiger partial charge is 0.340 e. The third-order valence-electron chi connectivity index (χ3n) is 2.72. The third-order valence-corrected chi connectivity index (χ3v) is 2.72. The third kappa shape index (κ3) is 3.69. The molecule has 0 atom stereocenters. The van der Waals surface area contributed by atoms with Crippen LogP contribution in [0.15, 0.2) is 0 Å². The SMILES string of the molecule is CCCC(=O)N(CCC(C)C)C1CC1. The Morgan fingerprint density at radius 3 is 2.50 bits per heavy atom. The fourth-order valence-corrected chi connectivity index (χ4v) is 1.65. The molecule has 0 heterocycles. The molecule has 82 valence electrons. The van der Waals surface area contributed by atoms with Gasteiger partial charge in [0.05, 0.1) is 0 Å². The Hall–Kier alpha value is -0.530. The Morgan fingerprint density at radius 1 is 1.43 bits per heavy atom. The lowest BCUT2D eigenvalue weighted by atomic mass is 10.1. The minimum Gasteiger partial charge on any atom is -0.340 e. The number of carbonyl (C=O) groups excluding carboxylic acids is 1. The maximum Gasteiger partial charge on any atom is 0.222 e. The monoisotopic (exact) mass is 197 g/mol. The molecule has 0 unspecified atom stereocenters. The highest BCUT2D eigenvalue weighted by Gasteiger charge is 2.31. The van der Waals surface area contributed by atoms with Gasteiger partial charge in [-0.1, -0.05) is 20.8 Å². The average molecular weight is 197 g/mol. The number of hydrogen-bond donors (Lipinski definition) is 0. The first-order valence-electron chi connectivity index (χ1n) is 5.94. The Morgan fingerprint density at radius 2 is 2.07 bits per heavy atom. The molecule has 1 saturated carbocycles. The van der Waals surface area contributed by atoms with Crippen LogP contribution in [0, 0.1) is 5.92 Å². The summed E-state index contributed by atoms with van der Waals surface area (Å²) in [5.74, 6) is 1.07. The van der Waals surface area contributed by atoms with Gasteiger partial charge in [0.25, 0.3) is 0 Å². The molecule has 0 saturated heterocycles. The van der Waals surface area contributed by atoms with E-state index in [9.17, 15) is 4.79 Å². The molecule has 0 spiro atoms. The van der Waals surface area contributed by atoms with Crippen LogP contribution in [-0.4, -0.2) is 23.4 Å². The fraction of sp³-hybridized carbons (Fsp3) is 0.917. The lowest BCUT2D eigenvalue weighted by Crippen LogP contribution is -2.34. The second-order valence-corrected chi connectivity index (χ2v) is 4.75. The summed E-state index contributed by atoms with van der Waals surface area (Å²) in [4.78, 5) is 13.9. The minimum absolute atomic E-state index is 0.371. The number of nitrogens with zero attached hydrogens (tertiary/aromatic N) is 1. The molecule has 2 nitrogen and oxygen atoms in total. The molecule has 0 N–H and O–H groups in total. The van der Waals surface area contributed by atoms with Crippen LogP contribution >= 0.6 is 0 Å². The molecule has 0 aromatic heterocycles. The van der Waals surface area contributed by atoms with Gasteiger partial charge in [-0.25, -0.2) is 0 Å². The van der Waals surface area contributed by atoms with Gasteiger partial charge >= 0.3 is 0 Å². The zero-order valence-electron chi connectivity index (χ0n) is 9.75. The molecule has 1 fully saturated rings. The van der Waals surface area contributed by atoms with Crippen LogP contribution in [0.5, 0.6) is 0 Å². The Labute approximate surface area is 87.7 Å². The van der Waals surface area contributed by atoms with Gasteiger partial charge in [0.15, 0.2) is 0 Å². The van der Waals surface area contributed by atoms with E-state index in [4.69, 9.17) is 0 Å². The molecule has 1 aliphatic rings. The minimum atomic E-state index is 0.371. The van der Waals surface area contributed by atoms with E-state index in [1.807, 2.05) is 0 Å². The molecule has 1 amide bonds. The summed E-state index contributed by atoms with van der Waals surface area (Å²) in [5.41, 5.74) is 0. The van der Waals surface area contributed by atoms with E-state index >= 15 is 0 Å². The van der Waals surface area contributed by atoms with Crippen molar-refractivity contribution in [1.29, 1.82) is 0 Å². The van der Waals surface area contributed by atoms with Gasteiger partial charge in [-0.15, -0.1) is 0 Å². The van der Waals surface area contributed by atoms with Gasteiger partial charge in [0.2, 0.25) is 5.91 Å². The first-order chi connectivity index (χ1) is 6.65. The number of rotatable bonds is 6. The number of carbonyl (C=O) groups is 1. The summed E-state index contributed by atoms with van der Waals surface area (Å²) in [6.45, 7) is 7.48. The quantitative estimate of drug-likeness (QED) is 0.641. The normalized spacial score (nSPS) is 16.0. The Bertz CT molecular complexity index is 185. The standard InChI is InChI=1S/C12H23NO/c1-4-5-12(14)13(11-6-7-11)9-8-10(2)3/h10-11H,4-9H2,1-3H3. The zero-order valence-corrected chi connectivity index (χ0v) is 9.75. The zero-order chi connectivity index (χ0) is 10.6. The molecule has 14 heavy (non-hydrogen) atoms. The van der Waals surface area contributed by atoms with Gasteiger partial charge in [-0.05, 0) is 31.6 Å². The molecule has 2 heteroatoms. The van der Waals surface area contributed by atoms with Crippen molar-refractivity contribution in [3.8, 4) is 0 Å². The van der Waals surface area contributed by atoms with Crippen molar-refractivity contribution >= 4 is 5.91 Å². The van der Waals surface area contributed by atoms with Crippen molar-refractivity contribution in [3.05, 3.63) is 0 Å². The van der Waals surface area contributed by atoms with Crippen molar-refractivity contribution in [3.63, 3.8) is 0 Å². The summed E-state index contributed by atoms with van der Waals surface area (Å²) in [5, 5.41) is 0. The van der Waals surface area contributed by atoms with Crippen molar-refractivity contribution in [2.45, 2.75) is 58.9 Å². The summed E-state index contributed by atoms with van der Waals surface area (Å²) < 4.78 is 0. The maximum atomic E-state index is 11.8. The van der Waals surface area contributed by atoms with Crippen molar-refractivity contribution in [2.75, 3.05) is 6.54 Å². The molecule has 0 aliphatic heterocycles. The van der Waals surface area contributed by atoms with Gasteiger partial charge < -0.3 is 4.90 Å². The first-order valence-corrected chi connectivity index (χ1v) is 5.94. The van der Waals surface area contributed by atoms with E-state index in [0.29, 0.717) is 17.9 Å². The number of amides is 1. The molecule has 0 bridgehead atoms. The van der Waals surface area contributed by atoms with Crippen LogP contribution in [0.4, 0.5) is 0 Å². The highest BCUT2D eigenvalue weighted by molar-refractivity contribution is 5.76. The molecule has 1 aliphatic carbocycles. The molecule has 0 radical (unpaired) electrons. The van der Waals surface area contributed by atoms with E-state index in [1.54, 1.807) is 0 Å². The molecular weight excluding hydrogens is 174 g/mol. The van der Waals surface area contributed by atoms with E-state index in [1.165, 1.54) is 12.8 Å². The smallest absolute Gasteiger partial charge is 0.222 e. The predicted octanol–water partition coefficient (Wildman–Crippen LogP) is 2.82. The second-order valence-electron chi connectivity index (χ2n) is 4.75. The summed E-state index contributed by atoms with van der Waals surface area (Å²) in [6.07, 6.45) is 5.31. The lowest BCUT2D eigenvalue weighted by molar-refractivity contribution is -0.132. The Kier molecular flexibility index (Phi) is 4.43. The fourth-order valence-electron chi connectivity index (χ4n) is 1.65. The van der Waals surface area contributed by atoms with Gasteiger partial charge in [0, 0.05) is 19.0 Å². The summed E-state index contributed by atoms with van der Waals surface area (Å²) in [7, 11) is 0. The van der Waals surface area contributed by atoms with E-state index in [2.05, 4.69) is 25.7 Å². The summed E-state index contributed by atoms with van der Waals surface area (Å²) in [6, 6.07) is 0.591. The first kappa shape index (κ1) is 11.5. The Balaban J connectivity index is 2.34. The second kappa shape index (κ2) is 5.38. The van der Waals surface area contributed by atoms with E-state index in [0.717, 1.165) is 25.8 Å². The van der Waals surface area contributed by atoms with Crippen LogP contribution in [-0.2, 0) is 4.79 Å². The predicted molar refractivity (Wildman–Crippen MR) is 59.1 cm³/mol. The van der Waals surface area contributed by atoms with Crippen LogP contribution in [0.3, 0.4) is 0 Å². The molecular formula is C12H23NO. The molecule has 1 rings (SSSR count). The topological polar surface area (TPSA) is 20.3 Å². The molecule has 0 aromatic rings. The van der Waals surface area contributed by atoms with Crippen molar-refractivity contribution in [1.82, 2.24) is 4.90 Å². The highest BCUT2D eigenvalue weighted by Crippen LogP contribution is 2.28. The summed E-state index contributed by atoms with van der Waals surface area (Å²) >= 11 is 0. The van der Waals surface area contributed by atoms with Crippen LogP contribution in [0.1, 0.15) is 52.9 Å². The van der Waals surface area contributed by atoms with Crippen LogP contribution in [0.25, 0.3) is 0 Å². The average Bonchev–Trinajstić information content (AvgIpc) is 2.88. The van der Waals surface area contributed by atoms with E-state index < -0.39 is 0 Å².